The molecule has 2 aliphatic rings. The van der Waals surface area contributed by atoms with E-state index in [-0.39, 0.29) is 5.41 Å². The highest BCUT2D eigenvalue weighted by atomic mass is 14.5. The fourth-order valence-corrected chi connectivity index (χ4v) is 8.15. The standard InChI is InChI=1S/C40H30/c1-3-8-26(9-4-1)30-16-19-33-34-20-17-31(25-37(34)40(36(33)24-30)22-5-2-6-23-40)32-18-14-29-13-12-27-10-7-11-28-15-21-35(32)39(29)38(27)28/h1,3-4,7-21,24-25H,2,5-6,22-23H2. The zero-order valence-electron chi connectivity index (χ0n) is 22.6. The zero-order chi connectivity index (χ0) is 26.3. The Kier molecular flexibility index (Phi) is 4.64. The van der Waals surface area contributed by atoms with Crippen LogP contribution in [-0.2, 0) is 5.41 Å². The molecule has 0 amide bonds. The van der Waals surface area contributed by atoms with Crippen LogP contribution in [0.1, 0.15) is 43.2 Å². The lowest BCUT2D eigenvalue weighted by atomic mass is 9.67. The molecular weight excluding hydrogens is 480 g/mol. The molecule has 190 valence electrons. The molecule has 0 nitrogen and oxygen atoms in total. The summed E-state index contributed by atoms with van der Waals surface area (Å²) in [6, 6.07) is 46.1. The van der Waals surface area contributed by atoms with E-state index >= 15 is 0 Å². The quantitative estimate of drug-likeness (QED) is 0.203. The minimum absolute atomic E-state index is 0.119. The van der Waals surface area contributed by atoms with E-state index in [1.807, 2.05) is 0 Å². The molecule has 0 heteroatoms. The SMILES string of the molecule is c1ccc(-c2ccc3c(c2)C2(CCCCC2)c2cc(-c4ccc5ccc6cccc7ccc4c5c67)ccc2-3)cc1. The minimum Gasteiger partial charge on any atom is -0.0622 e. The topological polar surface area (TPSA) is 0 Å². The fraction of sp³-hybridized carbons (Fsp3) is 0.150. The van der Waals surface area contributed by atoms with Crippen molar-refractivity contribution in [1.29, 1.82) is 0 Å². The van der Waals surface area contributed by atoms with E-state index in [4.69, 9.17) is 0 Å². The molecule has 0 radical (unpaired) electrons. The molecule has 7 aromatic rings. The van der Waals surface area contributed by atoms with Crippen molar-refractivity contribution >= 4 is 32.3 Å². The summed E-state index contributed by atoms with van der Waals surface area (Å²) in [4.78, 5) is 0. The summed E-state index contributed by atoms with van der Waals surface area (Å²) in [5, 5.41) is 8.14. The third kappa shape index (κ3) is 3.02. The van der Waals surface area contributed by atoms with Crippen LogP contribution in [0.15, 0.2) is 121 Å². The summed E-state index contributed by atoms with van der Waals surface area (Å²) in [6.45, 7) is 0. The Hall–Kier alpha value is -4.42. The maximum atomic E-state index is 2.56. The van der Waals surface area contributed by atoms with Crippen molar-refractivity contribution in [3.63, 3.8) is 0 Å². The summed E-state index contributed by atoms with van der Waals surface area (Å²) < 4.78 is 0. The maximum absolute atomic E-state index is 2.56. The fourth-order valence-electron chi connectivity index (χ4n) is 8.15. The van der Waals surface area contributed by atoms with Crippen LogP contribution in [0.25, 0.3) is 65.7 Å². The third-order valence-electron chi connectivity index (χ3n) is 10.0. The second kappa shape index (κ2) is 8.29. The highest BCUT2D eigenvalue weighted by Crippen LogP contribution is 2.57. The molecule has 1 saturated carbocycles. The Labute approximate surface area is 235 Å². The van der Waals surface area contributed by atoms with Gasteiger partial charge in [0.1, 0.15) is 0 Å². The summed E-state index contributed by atoms with van der Waals surface area (Å²) in [5.74, 6) is 0. The van der Waals surface area contributed by atoms with Gasteiger partial charge in [-0.1, -0.05) is 128 Å². The van der Waals surface area contributed by atoms with Gasteiger partial charge >= 0.3 is 0 Å². The molecule has 1 spiro atoms. The first kappa shape index (κ1) is 22.4. The molecule has 9 rings (SSSR count). The largest absolute Gasteiger partial charge is 0.0622 e. The average molecular weight is 511 g/mol. The second-order valence-electron chi connectivity index (χ2n) is 12.0. The maximum Gasteiger partial charge on any atom is 0.0215 e. The number of benzene rings is 7. The zero-order valence-corrected chi connectivity index (χ0v) is 22.6. The second-order valence-corrected chi connectivity index (χ2v) is 12.0. The van der Waals surface area contributed by atoms with Crippen LogP contribution in [0.4, 0.5) is 0 Å². The molecule has 0 atom stereocenters. The number of fused-ring (bicyclic) bond motifs is 5. The van der Waals surface area contributed by atoms with Crippen molar-refractivity contribution in [2.24, 2.45) is 0 Å². The lowest BCUT2D eigenvalue weighted by Crippen LogP contribution is -2.28. The molecule has 1 fully saturated rings. The van der Waals surface area contributed by atoms with Gasteiger partial charge < -0.3 is 0 Å². The van der Waals surface area contributed by atoms with Gasteiger partial charge in [-0.15, -0.1) is 0 Å². The van der Waals surface area contributed by atoms with Crippen LogP contribution in [-0.4, -0.2) is 0 Å². The molecule has 0 saturated heterocycles. The van der Waals surface area contributed by atoms with Crippen LogP contribution in [0.2, 0.25) is 0 Å². The van der Waals surface area contributed by atoms with Gasteiger partial charge in [-0.25, -0.2) is 0 Å². The van der Waals surface area contributed by atoms with Gasteiger partial charge in [0.15, 0.2) is 0 Å². The highest BCUT2D eigenvalue weighted by Gasteiger charge is 2.44. The molecule has 0 aliphatic heterocycles. The van der Waals surface area contributed by atoms with Crippen LogP contribution in [0, 0.1) is 0 Å². The molecule has 7 aromatic carbocycles. The molecule has 0 bridgehead atoms. The third-order valence-corrected chi connectivity index (χ3v) is 10.0. The summed E-state index contributed by atoms with van der Waals surface area (Å²) in [5.41, 5.74) is 11.4. The van der Waals surface area contributed by atoms with Crippen molar-refractivity contribution in [1.82, 2.24) is 0 Å². The predicted molar refractivity (Wildman–Crippen MR) is 170 cm³/mol. The monoisotopic (exact) mass is 510 g/mol. The van der Waals surface area contributed by atoms with Crippen molar-refractivity contribution in [3.8, 4) is 33.4 Å². The van der Waals surface area contributed by atoms with Gasteiger partial charge in [0.05, 0.1) is 0 Å². The Morgan fingerprint density at radius 3 is 1.75 bits per heavy atom. The first-order valence-corrected chi connectivity index (χ1v) is 14.8. The smallest absolute Gasteiger partial charge is 0.0215 e. The van der Waals surface area contributed by atoms with E-state index < -0.39 is 0 Å². The molecule has 0 aromatic heterocycles. The summed E-state index contributed by atoms with van der Waals surface area (Å²) >= 11 is 0. The average Bonchev–Trinajstić information content (AvgIpc) is 3.28. The molecule has 2 aliphatic carbocycles. The summed E-state index contributed by atoms with van der Waals surface area (Å²) in [7, 11) is 0. The van der Waals surface area contributed by atoms with E-state index in [1.165, 1.54) is 97.8 Å². The molecule has 0 N–H and O–H groups in total. The van der Waals surface area contributed by atoms with E-state index in [1.54, 1.807) is 11.1 Å². The lowest BCUT2D eigenvalue weighted by Gasteiger charge is -2.36. The van der Waals surface area contributed by atoms with Crippen LogP contribution >= 0.6 is 0 Å². The number of hydrogen-bond acceptors (Lipinski definition) is 0. The minimum atomic E-state index is 0.119. The molecule has 0 heterocycles. The summed E-state index contributed by atoms with van der Waals surface area (Å²) in [6.07, 6.45) is 6.44. The molecule has 0 unspecified atom stereocenters. The van der Waals surface area contributed by atoms with Gasteiger partial charge in [-0.3, -0.25) is 0 Å². The van der Waals surface area contributed by atoms with Crippen molar-refractivity contribution < 1.29 is 0 Å². The van der Waals surface area contributed by atoms with Crippen molar-refractivity contribution in [2.75, 3.05) is 0 Å². The van der Waals surface area contributed by atoms with Crippen molar-refractivity contribution in [3.05, 3.63) is 132 Å². The first-order valence-electron chi connectivity index (χ1n) is 14.8. The van der Waals surface area contributed by atoms with Gasteiger partial charge in [-0.05, 0) is 102 Å². The van der Waals surface area contributed by atoms with E-state index in [0.29, 0.717) is 0 Å². The van der Waals surface area contributed by atoms with E-state index in [0.717, 1.165) is 0 Å². The Morgan fingerprint density at radius 1 is 0.400 bits per heavy atom. The highest BCUT2D eigenvalue weighted by molar-refractivity contribution is 6.25. The molecular formula is C40H30. The predicted octanol–water partition coefficient (Wildman–Crippen LogP) is 11.1. The Bertz CT molecular complexity index is 2060. The van der Waals surface area contributed by atoms with Crippen LogP contribution in [0.3, 0.4) is 0 Å². The Balaban J connectivity index is 1.26. The van der Waals surface area contributed by atoms with Crippen LogP contribution in [0.5, 0.6) is 0 Å². The number of rotatable bonds is 2. The first-order chi connectivity index (χ1) is 19.8. The van der Waals surface area contributed by atoms with E-state index in [9.17, 15) is 0 Å². The van der Waals surface area contributed by atoms with Crippen molar-refractivity contribution in [2.45, 2.75) is 37.5 Å². The van der Waals surface area contributed by atoms with Gasteiger partial charge in [-0.2, -0.15) is 0 Å². The number of hydrogen-bond donors (Lipinski definition) is 0. The van der Waals surface area contributed by atoms with E-state index in [2.05, 4.69) is 121 Å². The molecule has 40 heavy (non-hydrogen) atoms. The van der Waals surface area contributed by atoms with Gasteiger partial charge in [0, 0.05) is 5.41 Å². The Morgan fingerprint density at radius 2 is 1.00 bits per heavy atom. The van der Waals surface area contributed by atoms with Crippen LogP contribution < -0.4 is 0 Å². The van der Waals surface area contributed by atoms with Gasteiger partial charge in [0.25, 0.3) is 0 Å². The van der Waals surface area contributed by atoms with Gasteiger partial charge in [0.2, 0.25) is 0 Å². The lowest BCUT2D eigenvalue weighted by molar-refractivity contribution is 0.353. The normalized spacial score (nSPS) is 15.7.